The van der Waals surface area contributed by atoms with Crippen molar-refractivity contribution < 1.29 is 21.6 Å². The van der Waals surface area contributed by atoms with Crippen LogP contribution in [0.2, 0.25) is 0 Å². The minimum absolute atomic E-state index is 0.0753. The maximum absolute atomic E-state index is 12.6. The van der Waals surface area contributed by atoms with Crippen molar-refractivity contribution >= 4 is 15.5 Å². The van der Waals surface area contributed by atoms with Crippen LogP contribution < -0.4 is 11.1 Å². The highest BCUT2D eigenvalue weighted by Crippen LogP contribution is 2.34. The number of hydrogen-bond acceptors (Lipinski definition) is 4. The van der Waals surface area contributed by atoms with Crippen LogP contribution in [0.5, 0.6) is 0 Å². The Bertz CT molecular complexity index is 544. The first-order chi connectivity index (χ1) is 9.24. The van der Waals surface area contributed by atoms with E-state index in [9.17, 15) is 21.6 Å². The van der Waals surface area contributed by atoms with Crippen molar-refractivity contribution in [3.8, 4) is 0 Å². The lowest BCUT2D eigenvalue weighted by molar-refractivity contribution is -0.0435. The molecule has 114 valence electrons. The summed E-state index contributed by atoms with van der Waals surface area (Å²) >= 11 is 0. The molecule has 0 amide bonds. The molecule has 0 aliphatic rings. The third-order valence-electron chi connectivity index (χ3n) is 2.76. The van der Waals surface area contributed by atoms with Crippen molar-refractivity contribution in [3.63, 3.8) is 0 Å². The van der Waals surface area contributed by atoms with Crippen LogP contribution in [-0.4, -0.2) is 26.5 Å². The molecule has 0 saturated carbocycles. The first kappa shape index (κ1) is 16.8. The molecule has 0 radical (unpaired) electrons. The van der Waals surface area contributed by atoms with Gasteiger partial charge in [-0.3, -0.25) is 0 Å². The van der Waals surface area contributed by atoms with Crippen LogP contribution in [0.25, 0.3) is 0 Å². The third-order valence-corrected chi connectivity index (χ3v) is 4.31. The predicted octanol–water partition coefficient (Wildman–Crippen LogP) is 2.52. The largest absolute Gasteiger partial charge is 0.501 e. The van der Waals surface area contributed by atoms with Gasteiger partial charge < -0.3 is 11.1 Å². The molecule has 0 spiro atoms. The van der Waals surface area contributed by atoms with E-state index in [1.807, 2.05) is 6.92 Å². The monoisotopic (exact) mass is 310 g/mol. The highest BCUT2D eigenvalue weighted by atomic mass is 32.2. The summed E-state index contributed by atoms with van der Waals surface area (Å²) in [5.74, 6) is 0. The minimum atomic E-state index is -5.38. The van der Waals surface area contributed by atoms with Crippen molar-refractivity contribution in [1.82, 2.24) is 0 Å². The van der Waals surface area contributed by atoms with Crippen LogP contribution in [0.4, 0.5) is 18.9 Å². The van der Waals surface area contributed by atoms with Gasteiger partial charge in [0, 0.05) is 12.6 Å². The molecule has 1 aromatic carbocycles. The molecule has 0 saturated heterocycles. The van der Waals surface area contributed by atoms with Crippen LogP contribution in [0.3, 0.4) is 0 Å². The normalized spacial score (nSPS) is 14.1. The highest BCUT2D eigenvalue weighted by molar-refractivity contribution is 7.92. The van der Waals surface area contributed by atoms with E-state index in [0.29, 0.717) is 6.42 Å². The first-order valence-electron chi connectivity index (χ1n) is 6.11. The number of para-hydroxylation sites is 1. The summed E-state index contributed by atoms with van der Waals surface area (Å²) in [6.07, 6.45) is 1.42. The average Bonchev–Trinajstić information content (AvgIpc) is 2.37. The summed E-state index contributed by atoms with van der Waals surface area (Å²) in [6, 6.07) is 4.68. The number of halogens is 3. The summed E-state index contributed by atoms with van der Waals surface area (Å²) in [5.41, 5.74) is 0.117. The van der Waals surface area contributed by atoms with Crippen LogP contribution in [0.1, 0.15) is 19.8 Å². The molecule has 4 nitrogen and oxygen atoms in total. The van der Waals surface area contributed by atoms with E-state index >= 15 is 0 Å². The van der Waals surface area contributed by atoms with Gasteiger partial charge >= 0.3 is 5.51 Å². The van der Waals surface area contributed by atoms with Crippen LogP contribution in [-0.2, 0) is 9.84 Å². The molecular weight excluding hydrogens is 293 g/mol. The van der Waals surface area contributed by atoms with Crippen LogP contribution >= 0.6 is 0 Å². The number of sulfone groups is 1. The van der Waals surface area contributed by atoms with Crippen molar-refractivity contribution in [3.05, 3.63) is 24.3 Å². The van der Waals surface area contributed by atoms with E-state index in [0.717, 1.165) is 12.5 Å². The molecule has 1 aromatic rings. The Kier molecular flexibility index (Phi) is 5.41. The van der Waals surface area contributed by atoms with E-state index in [1.54, 1.807) is 0 Å². The Morgan fingerprint density at radius 3 is 2.40 bits per heavy atom. The second-order valence-electron chi connectivity index (χ2n) is 4.31. The number of benzene rings is 1. The fourth-order valence-electron chi connectivity index (χ4n) is 1.76. The zero-order valence-corrected chi connectivity index (χ0v) is 11.8. The van der Waals surface area contributed by atoms with Crippen molar-refractivity contribution in [2.45, 2.75) is 36.2 Å². The lowest BCUT2D eigenvalue weighted by Crippen LogP contribution is -2.30. The molecule has 0 aliphatic carbocycles. The van der Waals surface area contributed by atoms with E-state index in [1.165, 1.54) is 18.2 Å². The lowest BCUT2D eigenvalue weighted by atomic mass is 10.1. The van der Waals surface area contributed by atoms with Gasteiger partial charge in [-0.05, 0) is 18.6 Å². The Labute approximate surface area is 116 Å². The van der Waals surface area contributed by atoms with E-state index in [2.05, 4.69) is 5.32 Å². The number of anilines is 1. The predicted molar refractivity (Wildman–Crippen MR) is 71.1 cm³/mol. The second-order valence-corrected chi connectivity index (χ2v) is 6.22. The molecule has 0 heterocycles. The molecule has 0 fully saturated rings. The molecule has 1 unspecified atom stereocenters. The zero-order chi connectivity index (χ0) is 15.4. The van der Waals surface area contributed by atoms with Crippen molar-refractivity contribution in [1.29, 1.82) is 0 Å². The van der Waals surface area contributed by atoms with E-state index < -0.39 is 20.2 Å². The molecule has 1 rings (SSSR count). The topological polar surface area (TPSA) is 72.2 Å². The Hall–Kier alpha value is -1.28. The van der Waals surface area contributed by atoms with Gasteiger partial charge in [0.25, 0.3) is 9.84 Å². The maximum Gasteiger partial charge on any atom is 0.501 e. The standard InChI is InChI=1S/C12H17F3N2O2S/c1-2-5-9(8-16)17-10-6-3-4-7-11(10)20(18,19)12(13,14)15/h3-4,6-7,9,17H,2,5,8,16H2,1H3. The molecule has 3 N–H and O–H groups in total. The van der Waals surface area contributed by atoms with Gasteiger partial charge in [-0.15, -0.1) is 0 Å². The Morgan fingerprint density at radius 1 is 1.30 bits per heavy atom. The number of nitrogens with two attached hydrogens (primary N) is 1. The number of hydrogen-bond donors (Lipinski definition) is 2. The molecular formula is C12H17F3N2O2S. The quantitative estimate of drug-likeness (QED) is 0.847. The van der Waals surface area contributed by atoms with E-state index in [4.69, 9.17) is 5.73 Å². The van der Waals surface area contributed by atoms with Crippen molar-refractivity contribution in [2.75, 3.05) is 11.9 Å². The maximum atomic E-state index is 12.6. The molecule has 0 aromatic heterocycles. The lowest BCUT2D eigenvalue weighted by Gasteiger charge is -2.20. The molecule has 20 heavy (non-hydrogen) atoms. The summed E-state index contributed by atoms with van der Waals surface area (Å²) in [6.45, 7) is 2.11. The number of alkyl halides is 3. The summed E-state index contributed by atoms with van der Waals surface area (Å²) in [5, 5.41) is 2.77. The fourth-order valence-corrected chi connectivity index (χ4v) is 2.69. The summed E-state index contributed by atoms with van der Waals surface area (Å²) < 4.78 is 60.9. The average molecular weight is 310 g/mol. The minimum Gasteiger partial charge on any atom is -0.380 e. The molecule has 0 bridgehead atoms. The van der Waals surface area contributed by atoms with Gasteiger partial charge in [0.05, 0.1) is 10.6 Å². The van der Waals surface area contributed by atoms with Gasteiger partial charge in [-0.1, -0.05) is 25.5 Å². The molecule has 8 heteroatoms. The van der Waals surface area contributed by atoms with Gasteiger partial charge in [0.2, 0.25) is 0 Å². The van der Waals surface area contributed by atoms with Gasteiger partial charge in [-0.25, -0.2) is 8.42 Å². The summed E-state index contributed by atoms with van der Waals surface area (Å²) in [7, 11) is -5.38. The van der Waals surface area contributed by atoms with Crippen molar-refractivity contribution in [2.24, 2.45) is 5.73 Å². The molecule has 1 atom stereocenters. The highest BCUT2D eigenvalue weighted by Gasteiger charge is 2.47. The first-order valence-corrected chi connectivity index (χ1v) is 7.59. The SMILES string of the molecule is CCCC(CN)Nc1ccccc1S(=O)(=O)C(F)(F)F. The number of rotatable bonds is 6. The van der Waals surface area contributed by atoms with Crippen LogP contribution in [0, 0.1) is 0 Å². The summed E-state index contributed by atoms with van der Waals surface area (Å²) in [4.78, 5) is -0.776. The Balaban J connectivity index is 3.18. The molecule has 0 aliphatic heterocycles. The second kappa shape index (κ2) is 6.45. The van der Waals surface area contributed by atoms with Gasteiger partial charge in [0.1, 0.15) is 0 Å². The fraction of sp³-hybridized carbons (Fsp3) is 0.500. The van der Waals surface area contributed by atoms with Gasteiger partial charge in [-0.2, -0.15) is 13.2 Å². The zero-order valence-electron chi connectivity index (χ0n) is 10.9. The third kappa shape index (κ3) is 3.63. The van der Waals surface area contributed by atoms with E-state index in [-0.39, 0.29) is 18.3 Å². The smallest absolute Gasteiger partial charge is 0.380 e. The van der Waals surface area contributed by atoms with Gasteiger partial charge in [0.15, 0.2) is 0 Å². The van der Waals surface area contributed by atoms with Crippen LogP contribution in [0.15, 0.2) is 29.2 Å². The number of nitrogens with one attached hydrogen (secondary N) is 1. The Morgan fingerprint density at radius 2 is 1.90 bits per heavy atom.